The van der Waals surface area contributed by atoms with Gasteiger partial charge in [-0.1, -0.05) is 51.4 Å². The number of ether oxygens (including phenoxy) is 2. The number of nitriles is 1. The monoisotopic (exact) mass is 628 g/mol. The Labute approximate surface area is 268 Å². The van der Waals surface area contributed by atoms with Gasteiger partial charge < -0.3 is 25.0 Å². The molecule has 0 radical (unpaired) electrons. The molecular formula is C34H46Cl2N4O3. The lowest BCUT2D eigenvalue weighted by molar-refractivity contribution is -0.164. The van der Waals surface area contributed by atoms with Crippen molar-refractivity contribution >= 4 is 29.9 Å². The Hall–Kier alpha value is -2.34. The van der Waals surface area contributed by atoms with Crippen molar-refractivity contribution in [1.82, 2.24) is 15.5 Å². The molecule has 1 amide bonds. The van der Waals surface area contributed by atoms with Gasteiger partial charge >= 0.3 is 0 Å². The molecule has 2 aromatic carbocycles. The van der Waals surface area contributed by atoms with E-state index < -0.39 is 0 Å². The molecule has 0 unspecified atom stereocenters. The maximum atomic E-state index is 13.3. The predicted molar refractivity (Wildman–Crippen MR) is 173 cm³/mol. The number of halogens is 2. The first-order valence-corrected chi connectivity index (χ1v) is 15.8. The van der Waals surface area contributed by atoms with E-state index in [1.807, 2.05) is 12.1 Å². The molecule has 0 spiro atoms. The van der Waals surface area contributed by atoms with E-state index in [9.17, 15) is 4.79 Å². The maximum Gasteiger partial charge on any atom is 0.251 e. The van der Waals surface area contributed by atoms with E-state index in [-0.39, 0.29) is 41.3 Å². The zero-order chi connectivity index (χ0) is 29.9. The first-order valence-electron chi connectivity index (χ1n) is 15.4. The first kappa shape index (κ1) is 33.6. The minimum atomic E-state index is -0.300. The Morgan fingerprint density at radius 3 is 2.30 bits per heavy atom. The average molecular weight is 630 g/mol. The summed E-state index contributed by atoms with van der Waals surface area (Å²) in [4.78, 5) is 15.8. The van der Waals surface area contributed by atoms with Gasteiger partial charge in [0.1, 0.15) is 17.9 Å². The summed E-state index contributed by atoms with van der Waals surface area (Å²) in [5, 5.41) is 16.2. The molecule has 2 heterocycles. The SMILES string of the molecule is CC1(C)[C@H](NC(=O)c2ccc(C3CCN(CCOC4CCNCC4)CC3)cc2)C(C)(C)[C@H]1Oc1ccc(C#N)c(Cl)c1.Cl. The van der Waals surface area contributed by atoms with Crippen LogP contribution in [0, 0.1) is 22.2 Å². The van der Waals surface area contributed by atoms with Crippen molar-refractivity contribution < 1.29 is 14.3 Å². The molecule has 2 saturated heterocycles. The second-order valence-electron chi connectivity index (χ2n) is 13.4. The summed E-state index contributed by atoms with van der Waals surface area (Å²) in [6, 6.07) is 15.3. The Morgan fingerprint density at radius 2 is 1.70 bits per heavy atom. The number of hydrogen-bond donors (Lipinski definition) is 2. The second-order valence-corrected chi connectivity index (χ2v) is 13.8. The van der Waals surface area contributed by atoms with Crippen LogP contribution in [0.5, 0.6) is 5.75 Å². The van der Waals surface area contributed by atoms with Crippen molar-refractivity contribution in [2.24, 2.45) is 10.8 Å². The van der Waals surface area contributed by atoms with Crippen LogP contribution >= 0.6 is 24.0 Å². The fourth-order valence-electron chi connectivity index (χ4n) is 7.52. The van der Waals surface area contributed by atoms with E-state index in [2.05, 4.69) is 61.4 Å². The fourth-order valence-corrected chi connectivity index (χ4v) is 7.73. The number of carbonyl (C=O) groups excluding carboxylic acids is 1. The largest absolute Gasteiger partial charge is 0.489 e. The van der Waals surface area contributed by atoms with Gasteiger partial charge in [-0.05, 0) is 87.6 Å². The van der Waals surface area contributed by atoms with Gasteiger partial charge in [0.25, 0.3) is 5.91 Å². The molecule has 2 aliphatic heterocycles. The van der Waals surface area contributed by atoms with Crippen LogP contribution in [0.15, 0.2) is 42.5 Å². The number of benzene rings is 2. The number of nitrogens with one attached hydrogen (secondary N) is 2. The Morgan fingerprint density at radius 1 is 1.05 bits per heavy atom. The summed E-state index contributed by atoms with van der Waals surface area (Å²) in [7, 11) is 0. The molecule has 43 heavy (non-hydrogen) atoms. The van der Waals surface area contributed by atoms with Crippen molar-refractivity contribution in [3.8, 4) is 11.8 Å². The lowest BCUT2D eigenvalue weighted by Gasteiger charge is -2.63. The first-order chi connectivity index (χ1) is 20.1. The van der Waals surface area contributed by atoms with E-state index in [0.717, 1.165) is 65.0 Å². The normalized spacial score (nSPS) is 23.8. The molecule has 1 aliphatic carbocycles. The van der Waals surface area contributed by atoms with Crippen molar-refractivity contribution in [1.29, 1.82) is 5.26 Å². The molecule has 3 fully saturated rings. The molecule has 3 aliphatic rings. The summed E-state index contributed by atoms with van der Waals surface area (Å²) in [6.07, 6.45) is 4.80. The van der Waals surface area contributed by atoms with Gasteiger partial charge in [0.15, 0.2) is 0 Å². The molecule has 234 valence electrons. The zero-order valence-corrected chi connectivity index (χ0v) is 27.4. The van der Waals surface area contributed by atoms with Gasteiger partial charge in [-0.25, -0.2) is 0 Å². The number of carbonyl (C=O) groups is 1. The van der Waals surface area contributed by atoms with Crippen molar-refractivity contribution in [3.05, 3.63) is 64.2 Å². The summed E-state index contributed by atoms with van der Waals surface area (Å²) in [5.74, 6) is 1.10. The number of amides is 1. The summed E-state index contributed by atoms with van der Waals surface area (Å²) in [6.45, 7) is 14.6. The zero-order valence-electron chi connectivity index (χ0n) is 25.8. The van der Waals surface area contributed by atoms with Gasteiger partial charge in [0, 0.05) is 35.0 Å². The van der Waals surface area contributed by atoms with Crippen LogP contribution in [0.3, 0.4) is 0 Å². The molecule has 7 nitrogen and oxygen atoms in total. The number of rotatable bonds is 9. The molecular weight excluding hydrogens is 583 g/mol. The summed E-state index contributed by atoms with van der Waals surface area (Å²) < 4.78 is 12.5. The van der Waals surface area contributed by atoms with Crippen LogP contribution in [0.1, 0.15) is 80.8 Å². The van der Waals surface area contributed by atoms with Gasteiger partial charge in [-0.15, -0.1) is 12.4 Å². The molecule has 9 heteroatoms. The number of piperidine rings is 2. The van der Waals surface area contributed by atoms with E-state index in [0.29, 0.717) is 33.9 Å². The highest BCUT2D eigenvalue weighted by atomic mass is 35.5. The van der Waals surface area contributed by atoms with Crippen LogP contribution in [0.2, 0.25) is 5.02 Å². The van der Waals surface area contributed by atoms with E-state index in [4.69, 9.17) is 26.3 Å². The Balaban J connectivity index is 0.00000423. The molecule has 0 aromatic heterocycles. The van der Waals surface area contributed by atoms with Crippen LogP contribution in [-0.4, -0.2) is 68.4 Å². The Bertz CT molecular complexity index is 1260. The third kappa shape index (κ3) is 7.49. The minimum absolute atomic E-state index is 0. The van der Waals surface area contributed by atoms with E-state index >= 15 is 0 Å². The highest BCUT2D eigenvalue weighted by Crippen LogP contribution is 2.55. The highest BCUT2D eigenvalue weighted by Gasteiger charge is 2.64. The van der Waals surface area contributed by atoms with Crippen LogP contribution in [0.4, 0.5) is 0 Å². The van der Waals surface area contributed by atoms with E-state index in [1.54, 1.807) is 18.2 Å². The summed E-state index contributed by atoms with van der Waals surface area (Å²) in [5.41, 5.74) is 1.82. The lowest BCUT2D eigenvalue weighted by Crippen LogP contribution is -2.74. The third-order valence-electron chi connectivity index (χ3n) is 9.71. The molecule has 5 rings (SSSR count). The molecule has 2 N–H and O–H groups in total. The van der Waals surface area contributed by atoms with Crippen molar-refractivity contribution in [2.75, 3.05) is 39.3 Å². The fraction of sp³-hybridized carbons (Fsp3) is 0.588. The standard InChI is InChI=1S/C34H45ClN4O3.ClH/c1-33(2)31(34(3,4)32(33)42-28-10-9-26(22-36)29(35)21-28)38-30(40)25-7-5-23(6-8-25)24-13-17-39(18-14-24)19-20-41-27-11-15-37-16-12-27;/h5-10,21,24,27,31-32,37H,11-20H2,1-4H3,(H,38,40);1H/t31-,32-;. The predicted octanol–water partition coefficient (Wildman–Crippen LogP) is 6.19. The van der Waals surface area contributed by atoms with Crippen LogP contribution in [0.25, 0.3) is 0 Å². The highest BCUT2D eigenvalue weighted by molar-refractivity contribution is 6.31. The lowest BCUT2D eigenvalue weighted by atomic mass is 9.49. The topological polar surface area (TPSA) is 86.6 Å². The molecule has 1 saturated carbocycles. The minimum Gasteiger partial charge on any atom is -0.489 e. The smallest absolute Gasteiger partial charge is 0.251 e. The maximum absolute atomic E-state index is 13.3. The Kier molecular flexibility index (Phi) is 11.1. The average Bonchev–Trinajstić information content (AvgIpc) is 2.99. The summed E-state index contributed by atoms with van der Waals surface area (Å²) >= 11 is 6.22. The van der Waals surface area contributed by atoms with Crippen LogP contribution in [-0.2, 0) is 4.74 Å². The molecule has 0 bridgehead atoms. The number of likely N-dealkylation sites (tertiary alicyclic amines) is 1. The van der Waals surface area contributed by atoms with E-state index in [1.165, 1.54) is 5.56 Å². The van der Waals surface area contributed by atoms with Crippen molar-refractivity contribution in [2.45, 2.75) is 77.5 Å². The van der Waals surface area contributed by atoms with Gasteiger partial charge in [0.2, 0.25) is 0 Å². The van der Waals surface area contributed by atoms with Gasteiger partial charge in [0.05, 0.1) is 23.3 Å². The molecule has 0 atom stereocenters. The second kappa shape index (κ2) is 14.2. The van der Waals surface area contributed by atoms with Gasteiger partial charge in [-0.3, -0.25) is 4.79 Å². The third-order valence-corrected chi connectivity index (χ3v) is 10.0. The van der Waals surface area contributed by atoms with Crippen LogP contribution < -0.4 is 15.4 Å². The quantitative estimate of drug-likeness (QED) is 0.344. The van der Waals surface area contributed by atoms with Crippen molar-refractivity contribution in [3.63, 3.8) is 0 Å². The number of nitrogens with zero attached hydrogens (tertiary/aromatic N) is 2. The van der Waals surface area contributed by atoms with Gasteiger partial charge in [-0.2, -0.15) is 5.26 Å². The molecule has 2 aromatic rings. The number of hydrogen-bond acceptors (Lipinski definition) is 6.